The fraction of sp³-hybridized carbons (Fsp3) is 0.800. The van der Waals surface area contributed by atoms with Gasteiger partial charge in [0, 0.05) is 12.7 Å². The van der Waals surface area contributed by atoms with Crippen LogP contribution in [0.1, 0.15) is 6.42 Å². The van der Waals surface area contributed by atoms with Crippen LogP contribution in [0.5, 0.6) is 0 Å². The summed E-state index contributed by atoms with van der Waals surface area (Å²) in [7, 11) is -1.76. The molecule has 0 rings (SSSR count). The number of hydroxylamine groups is 1. The topological polar surface area (TPSA) is 72.5 Å². The fourth-order valence-corrected chi connectivity index (χ4v) is 0.999. The van der Waals surface area contributed by atoms with E-state index in [4.69, 9.17) is 0 Å². The highest BCUT2D eigenvalue weighted by Crippen LogP contribution is 1.87. The van der Waals surface area contributed by atoms with E-state index in [1.165, 1.54) is 7.11 Å². The van der Waals surface area contributed by atoms with E-state index in [2.05, 4.69) is 4.84 Å². The Hall–Kier alpha value is -0.620. The van der Waals surface area contributed by atoms with Gasteiger partial charge in [-0.3, -0.25) is 9.63 Å². The van der Waals surface area contributed by atoms with Crippen LogP contribution in [0, 0.1) is 0 Å². The van der Waals surface area contributed by atoms with E-state index < -0.39 is 15.7 Å². The van der Waals surface area contributed by atoms with Crippen molar-refractivity contribution in [1.82, 2.24) is 5.48 Å². The van der Waals surface area contributed by atoms with Gasteiger partial charge in [0.2, 0.25) is 5.91 Å². The molecule has 0 radical (unpaired) electrons. The van der Waals surface area contributed by atoms with E-state index in [0.717, 1.165) is 6.26 Å². The second-order valence-electron chi connectivity index (χ2n) is 2.11. The Morgan fingerprint density at radius 1 is 1.55 bits per heavy atom. The van der Waals surface area contributed by atoms with Gasteiger partial charge >= 0.3 is 0 Å². The highest BCUT2D eigenvalue weighted by Gasteiger charge is 2.06. The summed E-state index contributed by atoms with van der Waals surface area (Å²) < 4.78 is 21.0. The molecular formula is C5H11NO4S. The first-order valence-electron chi connectivity index (χ1n) is 2.95. The lowest BCUT2D eigenvalue weighted by atomic mass is 10.5. The Kier molecular flexibility index (Phi) is 4.06. The molecule has 0 saturated carbocycles. The van der Waals surface area contributed by atoms with Gasteiger partial charge in [-0.25, -0.2) is 13.9 Å². The molecule has 0 aromatic heterocycles. The summed E-state index contributed by atoms with van der Waals surface area (Å²) in [5.41, 5.74) is 2.01. The van der Waals surface area contributed by atoms with Crippen LogP contribution in [0.2, 0.25) is 0 Å². The molecule has 0 aliphatic rings. The Bertz CT molecular complexity index is 221. The second-order valence-corrected chi connectivity index (χ2v) is 4.37. The first-order valence-corrected chi connectivity index (χ1v) is 5.01. The van der Waals surface area contributed by atoms with E-state index in [0.29, 0.717) is 0 Å². The third-order valence-electron chi connectivity index (χ3n) is 0.916. The predicted octanol–water partition coefficient (Wildman–Crippen LogP) is -0.901. The molecule has 0 saturated heterocycles. The second kappa shape index (κ2) is 4.30. The molecule has 6 heteroatoms. The minimum Gasteiger partial charge on any atom is -0.277 e. The maximum absolute atomic E-state index is 10.6. The number of nitrogens with one attached hydrogen (secondary N) is 1. The Morgan fingerprint density at radius 3 is 2.45 bits per heavy atom. The van der Waals surface area contributed by atoms with Crippen molar-refractivity contribution >= 4 is 15.7 Å². The molecule has 0 aliphatic heterocycles. The number of hydrogen-bond acceptors (Lipinski definition) is 4. The van der Waals surface area contributed by atoms with Gasteiger partial charge in [0.05, 0.1) is 12.9 Å². The Labute approximate surface area is 65.6 Å². The van der Waals surface area contributed by atoms with E-state index in [1.54, 1.807) is 0 Å². The quantitative estimate of drug-likeness (QED) is 0.570. The van der Waals surface area contributed by atoms with E-state index in [1.807, 2.05) is 5.48 Å². The first kappa shape index (κ1) is 10.4. The molecule has 0 spiro atoms. The first-order chi connectivity index (χ1) is 4.95. The molecule has 0 aliphatic carbocycles. The van der Waals surface area contributed by atoms with Crippen molar-refractivity contribution in [1.29, 1.82) is 0 Å². The average Bonchev–Trinajstić information content (AvgIpc) is 1.83. The van der Waals surface area contributed by atoms with Crippen LogP contribution >= 0.6 is 0 Å². The molecule has 0 bridgehead atoms. The number of hydrogen-bond donors (Lipinski definition) is 1. The van der Waals surface area contributed by atoms with Gasteiger partial charge in [0.1, 0.15) is 9.84 Å². The lowest BCUT2D eigenvalue weighted by molar-refractivity contribution is -0.130. The minimum absolute atomic E-state index is 0.0628. The number of rotatable bonds is 4. The zero-order chi connectivity index (χ0) is 8.91. The summed E-state index contributed by atoms with van der Waals surface area (Å²) in [6.07, 6.45) is 1.01. The summed E-state index contributed by atoms with van der Waals surface area (Å²) >= 11 is 0. The Balaban J connectivity index is 3.64. The molecule has 11 heavy (non-hydrogen) atoms. The Morgan fingerprint density at radius 2 is 2.09 bits per heavy atom. The van der Waals surface area contributed by atoms with Crippen molar-refractivity contribution < 1.29 is 18.0 Å². The van der Waals surface area contributed by atoms with Gasteiger partial charge in [0.15, 0.2) is 0 Å². The molecule has 0 fully saturated rings. The van der Waals surface area contributed by atoms with Crippen LogP contribution in [0.3, 0.4) is 0 Å². The van der Waals surface area contributed by atoms with Crippen molar-refractivity contribution in [3.8, 4) is 0 Å². The molecule has 0 atom stereocenters. The van der Waals surface area contributed by atoms with E-state index >= 15 is 0 Å². The largest absolute Gasteiger partial charge is 0.277 e. The summed E-state index contributed by atoms with van der Waals surface area (Å²) in [6, 6.07) is 0. The summed E-state index contributed by atoms with van der Waals surface area (Å²) in [5, 5.41) is 0. The standard InChI is InChI=1S/C5H11NO4S/c1-10-6-5(7)3-4-11(2,8)9/h3-4H2,1-2H3,(H,6,7). The maximum Gasteiger partial charge on any atom is 0.244 e. The molecule has 0 unspecified atom stereocenters. The van der Waals surface area contributed by atoms with E-state index in [-0.39, 0.29) is 12.2 Å². The SMILES string of the molecule is CONC(=O)CCS(C)(=O)=O. The van der Waals surface area contributed by atoms with Gasteiger partial charge < -0.3 is 0 Å². The average molecular weight is 181 g/mol. The van der Waals surface area contributed by atoms with Crippen molar-refractivity contribution in [2.45, 2.75) is 6.42 Å². The molecule has 5 nitrogen and oxygen atoms in total. The van der Waals surface area contributed by atoms with Gasteiger partial charge in [0.25, 0.3) is 0 Å². The zero-order valence-corrected chi connectivity index (χ0v) is 7.27. The normalized spacial score (nSPS) is 11.1. The monoisotopic (exact) mass is 181 g/mol. The summed E-state index contributed by atoms with van der Waals surface area (Å²) in [4.78, 5) is 14.9. The molecule has 1 N–H and O–H groups in total. The summed E-state index contributed by atoms with van der Waals surface area (Å²) in [5.74, 6) is -0.583. The highest BCUT2D eigenvalue weighted by molar-refractivity contribution is 7.90. The lowest BCUT2D eigenvalue weighted by Gasteiger charge is -1.99. The van der Waals surface area contributed by atoms with Crippen molar-refractivity contribution in [3.63, 3.8) is 0 Å². The number of carbonyl (C=O) groups excluding carboxylic acids is 1. The molecule has 0 aromatic rings. The van der Waals surface area contributed by atoms with Crippen LogP contribution in [-0.2, 0) is 19.5 Å². The highest BCUT2D eigenvalue weighted by atomic mass is 32.2. The predicted molar refractivity (Wildman–Crippen MR) is 39.5 cm³/mol. The van der Waals surface area contributed by atoms with Crippen molar-refractivity contribution in [2.75, 3.05) is 19.1 Å². The van der Waals surface area contributed by atoms with Crippen molar-refractivity contribution in [3.05, 3.63) is 0 Å². The number of amides is 1. The van der Waals surface area contributed by atoms with Gasteiger partial charge in [-0.05, 0) is 0 Å². The zero-order valence-electron chi connectivity index (χ0n) is 6.46. The molecule has 0 aromatic carbocycles. The van der Waals surface area contributed by atoms with Gasteiger partial charge in [-0.15, -0.1) is 0 Å². The van der Waals surface area contributed by atoms with Crippen molar-refractivity contribution in [2.24, 2.45) is 0 Å². The third kappa shape index (κ3) is 7.27. The van der Waals surface area contributed by atoms with Gasteiger partial charge in [-0.1, -0.05) is 0 Å². The smallest absolute Gasteiger partial charge is 0.244 e. The van der Waals surface area contributed by atoms with Crippen LogP contribution in [-0.4, -0.2) is 33.4 Å². The van der Waals surface area contributed by atoms with Gasteiger partial charge in [-0.2, -0.15) is 0 Å². The summed E-state index contributed by atoms with van der Waals surface area (Å²) in [6.45, 7) is 0. The molecule has 66 valence electrons. The van der Waals surface area contributed by atoms with E-state index in [9.17, 15) is 13.2 Å². The fourth-order valence-electron chi connectivity index (χ4n) is 0.443. The molecule has 0 heterocycles. The number of carbonyl (C=O) groups is 1. The lowest BCUT2D eigenvalue weighted by Crippen LogP contribution is -2.24. The van der Waals surface area contributed by atoms with Crippen LogP contribution < -0.4 is 5.48 Å². The van der Waals surface area contributed by atoms with Crippen LogP contribution in [0.25, 0.3) is 0 Å². The molecular weight excluding hydrogens is 170 g/mol. The number of sulfone groups is 1. The van der Waals surface area contributed by atoms with Crippen LogP contribution in [0.4, 0.5) is 0 Å². The third-order valence-corrected chi connectivity index (χ3v) is 1.86. The maximum atomic E-state index is 10.6. The van der Waals surface area contributed by atoms with Crippen LogP contribution in [0.15, 0.2) is 0 Å². The molecule has 1 amide bonds. The minimum atomic E-state index is -3.05.